The van der Waals surface area contributed by atoms with Gasteiger partial charge in [0.25, 0.3) is 0 Å². The van der Waals surface area contributed by atoms with Crippen LogP contribution >= 0.6 is 0 Å². The lowest BCUT2D eigenvalue weighted by atomic mass is 10.2. The number of nitrogens with zero attached hydrogens (tertiary/aromatic N) is 1. The average Bonchev–Trinajstić information content (AvgIpc) is 3.21. The van der Waals surface area contributed by atoms with Crippen LogP contribution in [0.2, 0.25) is 0 Å². The van der Waals surface area contributed by atoms with E-state index in [1.807, 2.05) is 60.7 Å². The maximum absolute atomic E-state index is 11.8. The minimum atomic E-state index is -3.45. The Bertz CT molecular complexity index is 1260. The van der Waals surface area contributed by atoms with Crippen molar-refractivity contribution in [3.05, 3.63) is 84.3 Å². The topological polar surface area (TPSA) is 72.2 Å². The van der Waals surface area contributed by atoms with Crippen LogP contribution in [0.15, 0.2) is 82.1 Å². The number of rotatable bonds is 5. The molecule has 0 saturated heterocycles. The Hall–Kier alpha value is -3.22. The SMILES string of the molecule is CNS(=O)(=O)c1ccc(-c2ccc(C=Cc3ccc4ccccc4n3)o2)cc1. The number of hydrogen-bond acceptors (Lipinski definition) is 4. The summed E-state index contributed by atoms with van der Waals surface area (Å²) in [5.41, 5.74) is 2.60. The summed E-state index contributed by atoms with van der Waals surface area (Å²) < 4.78 is 31.8. The normalized spacial score (nSPS) is 12.0. The van der Waals surface area contributed by atoms with Gasteiger partial charge in [-0.15, -0.1) is 0 Å². The number of nitrogens with one attached hydrogen (secondary N) is 1. The van der Waals surface area contributed by atoms with E-state index in [0.717, 1.165) is 22.2 Å². The van der Waals surface area contributed by atoms with Gasteiger partial charge in [-0.25, -0.2) is 18.1 Å². The van der Waals surface area contributed by atoms with Gasteiger partial charge in [-0.2, -0.15) is 0 Å². The summed E-state index contributed by atoms with van der Waals surface area (Å²) in [4.78, 5) is 4.82. The lowest BCUT2D eigenvalue weighted by molar-refractivity contribution is 0.571. The van der Waals surface area contributed by atoms with Gasteiger partial charge in [-0.05, 0) is 67.7 Å². The van der Waals surface area contributed by atoms with Crippen molar-refractivity contribution in [1.29, 1.82) is 0 Å². The van der Waals surface area contributed by atoms with Crippen LogP contribution in [0.1, 0.15) is 11.5 Å². The maximum Gasteiger partial charge on any atom is 0.240 e. The smallest absolute Gasteiger partial charge is 0.240 e. The van der Waals surface area contributed by atoms with E-state index in [4.69, 9.17) is 4.42 Å². The number of fused-ring (bicyclic) bond motifs is 1. The predicted molar refractivity (Wildman–Crippen MR) is 111 cm³/mol. The molecule has 0 atom stereocenters. The third-order valence-corrected chi connectivity index (χ3v) is 5.81. The van der Waals surface area contributed by atoms with Gasteiger partial charge in [-0.1, -0.05) is 24.3 Å². The number of para-hydroxylation sites is 1. The van der Waals surface area contributed by atoms with Gasteiger partial charge in [0.05, 0.1) is 16.1 Å². The summed E-state index contributed by atoms with van der Waals surface area (Å²) in [7, 11) is -2.06. The fourth-order valence-electron chi connectivity index (χ4n) is 2.86. The predicted octanol–water partition coefficient (Wildman–Crippen LogP) is 4.57. The van der Waals surface area contributed by atoms with E-state index < -0.39 is 10.0 Å². The third-order valence-electron chi connectivity index (χ3n) is 4.38. The first-order valence-electron chi connectivity index (χ1n) is 8.73. The number of sulfonamides is 1. The Morgan fingerprint density at radius 3 is 2.46 bits per heavy atom. The zero-order chi connectivity index (χ0) is 19.6. The molecule has 0 aliphatic heterocycles. The molecule has 5 nitrogen and oxygen atoms in total. The summed E-state index contributed by atoms with van der Waals surface area (Å²) in [6.45, 7) is 0. The second-order valence-corrected chi connectivity index (χ2v) is 8.08. The highest BCUT2D eigenvalue weighted by molar-refractivity contribution is 7.89. The first-order chi connectivity index (χ1) is 13.5. The maximum atomic E-state index is 11.8. The molecular weight excluding hydrogens is 372 g/mol. The van der Waals surface area contributed by atoms with Gasteiger partial charge in [0.2, 0.25) is 10.0 Å². The van der Waals surface area contributed by atoms with Crippen LogP contribution in [0.25, 0.3) is 34.4 Å². The van der Waals surface area contributed by atoms with E-state index in [1.165, 1.54) is 7.05 Å². The van der Waals surface area contributed by atoms with Gasteiger partial charge >= 0.3 is 0 Å². The van der Waals surface area contributed by atoms with Crippen LogP contribution in [0.4, 0.5) is 0 Å². The molecule has 4 rings (SSSR count). The first-order valence-corrected chi connectivity index (χ1v) is 10.2. The largest absolute Gasteiger partial charge is 0.457 e. The molecule has 0 amide bonds. The summed E-state index contributed by atoms with van der Waals surface area (Å²) >= 11 is 0. The van der Waals surface area contributed by atoms with Crippen molar-refractivity contribution in [1.82, 2.24) is 9.71 Å². The molecular formula is C22H18N2O3S. The van der Waals surface area contributed by atoms with Gasteiger partial charge in [0, 0.05) is 10.9 Å². The molecule has 2 heterocycles. The third kappa shape index (κ3) is 3.74. The molecule has 0 fully saturated rings. The molecule has 0 bridgehead atoms. The Morgan fingerprint density at radius 1 is 0.893 bits per heavy atom. The van der Waals surface area contributed by atoms with Crippen LogP contribution in [0.3, 0.4) is 0 Å². The highest BCUT2D eigenvalue weighted by atomic mass is 32.2. The van der Waals surface area contributed by atoms with Crippen LogP contribution < -0.4 is 4.72 Å². The number of furan rings is 1. The quantitative estimate of drug-likeness (QED) is 0.542. The summed E-state index contributed by atoms with van der Waals surface area (Å²) in [5, 5.41) is 1.10. The molecule has 2 aromatic carbocycles. The average molecular weight is 390 g/mol. The van der Waals surface area contributed by atoms with Crippen LogP contribution in [-0.2, 0) is 10.0 Å². The minimum absolute atomic E-state index is 0.216. The number of pyridine rings is 1. The van der Waals surface area contributed by atoms with Crippen molar-refractivity contribution < 1.29 is 12.8 Å². The van der Waals surface area contributed by atoms with Crippen molar-refractivity contribution in [3.8, 4) is 11.3 Å². The Balaban J connectivity index is 1.54. The number of hydrogen-bond donors (Lipinski definition) is 1. The zero-order valence-corrected chi connectivity index (χ0v) is 16.0. The molecule has 0 unspecified atom stereocenters. The highest BCUT2D eigenvalue weighted by Gasteiger charge is 2.11. The fraction of sp³-hybridized carbons (Fsp3) is 0.0455. The highest BCUT2D eigenvalue weighted by Crippen LogP contribution is 2.24. The molecule has 0 aliphatic carbocycles. The molecule has 140 valence electrons. The second-order valence-electron chi connectivity index (χ2n) is 6.20. The van der Waals surface area contributed by atoms with Crippen molar-refractivity contribution >= 4 is 33.1 Å². The Morgan fingerprint density at radius 2 is 1.68 bits per heavy atom. The van der Waals surface area contributed by atoms with Crippen molar-refractivity contribution in [2.45, 2.75) is 4.90 Å². The number of aromatic nitrogens is 1. The molecule has 4 aromatic rings. The van der Waals surface area contributed by atoms with E-state index in [-0.39, 0.29) is 4.90 Å². The Labute approximate surface area is 163 Å². The van der Waals surface area contributed by atoms with Gasteiger partial charge in [-0.3, -0.25) is 0 Å². The summed E-state index contributed by atoms with van der Waals surface area (Å²) in [5.74, 6) is 1.36. The molecule has 2 aromatic heterocycles. The van der Waals surface area contributed by atoms with E-state index in [0.29, 0.717) is 11.5 Å². The minimum Gasteiger partial charge on any atom is -0.457 e. The van der Waals surface area contributed by atoms with E-state index in [2.05, 4.69) is 9.71 Å². The second kappa shape index (κ2) is 7.42. The van der Waals surface area contributed by atoms with Crippen molar-refractivity contribution in [2.24, 2.45) is 0 Å². The zero-order valence-electron chi connectivity index (χ0n) is 15.2. The van der Waals surface area contributed by atoms with Crippen LogP contribution in [0.5, 0.6) is 0 Å². The van der Waals surface area contributed by atoms with E-state index in [1.54, 1.807) is 24.3 Å². The monoisotopic (exact) mass is 390 g/mol. The molecule has 28 heavy (non-hydrogen) atoms. The molecule has 0 aliphatic rings. The molecule has 1 N–H and O–H groups in total. The standard InChI is InChI=1S/C22H18N2O3S/c1-23-28(25,26)20-13-7-17(8-14-20)22-15-12-19(27-22)11-10-18-9-6-16-4-2-3-5-21(16)24-18/h2-15,23H,1H3. The van der Waals surface area contributed by atoms with Crippen molar-refractivity contribution in [2.75, 3.05) is 7.05 Å². The summed E-state index contributed by atoms with van der Waals surface area (Å²) in [6, 6.07) is 22.2. The van der Waals surface area contributed by atoms with Crippen LogP contribution in [-0.4, -0.2) is 20.4 Å². The first kappa shape index (κ1) is 18.2. The van der Waals surface area contributed by atoms with Gasteiger partial charge < -0.3 is 4.42 Å². The Kier molecular flexibility index (Phi) is 4.81. The molecule has 0 spiro atoms. The lowest BCUT2D eigenvalue weighted by Gasteiger charge is -2.03. The van der Waals surface area contributed by atoms with Gasteiger partial charge in [0.1, 0.15) is 11.5 Å². The van der Waals surface area contributed by atoms with Gasteiger partial charge in [0.15, 0.2) is 0 Å². The molecule has 0 saturated carbocycles. The van der Waals surface area contributed by atoms with E-state index in [9.17, 15) is 8.42 Å². The lowest BCUT2D eigenvalue weighted by Crippen LogP contribution is -2.18. The van der Waals surface area contributed by atoms with E-state index >= 15 is 0 Å². The molecule has 0 radical (unpaired) electrons. The molecule has 6 heteroatoms. The fourth-order valence-corrected chi connectivity index (χ4v) is 3.59. The summed E-state index contributed by atoms with van der Waals surface area (Å²) in [6.07, 6.45) is 3.76. The van der Waals surface area contributed by atoms with Crippen molar-refractivity contribution in [3.63, 3.8) is 0 Å². The number of benzene rings is 2. The van der Waals surface area contributed by atoms with Crippen LogP contribution in [0, 0.1) is 0 Å².